The van der Waals surface area contributed by atoms with Gasteiger partial charge < -0.3 is 15.2 Å². The number of aliphatic carboxylic acids is 1. The highest BCUT2D eigenvalue weighted by atomic mass is 16.5. The Balaban J connectivity index is 1.65. The summed E-state index contributed by atoms with van der Waals surface area (Å²) in [6, 6.07) is 12.0. The quantitative estimate of drug-likeness (QED) is 0.857. The highest BCUT2D eigenvalue weighted by molar-refractivity contribution is 5.88. The van der Waals surface area contributed by atoms with Crippen LogP contribution in [0.2, 0.25) is 0 Å². The standard InChI is InChI=1S/C21H25NO4/c1-13(20(23)22-18-8-5-14(6-9-18)21(24)25)15-3-4-17-12-19(26-2)10-7-16(17)11-15/h3-4,7,10-14,18H,5-6,8-9H2,1-2H3,(H,22,23)(H,24,25)/t13-,14?,18?/m0/s1. The van der Waals surface area contributed by atoms with E-state index in [1.54, 1.807) is 7.11 Å². The summed E-state index contributed by atoms with van der Waals surface area (Å²) < 4.78 is 5.24. The Morgan fingerprint density at radius 3 is 2.38 bits per heavy atom. The fraction of sp³-hybridized carbons (Fsp3) is 0.429. The van der Waals surface area contributed by atoms with Crippen molar-refractivity contribution in [3.63, 3.8) is 0 Å². The summed E-state index contributed by atoms with van der Waals surface area (Å²) >= 11 is 0. The minimum Gasteiger partial charge on any atom is -0.497 e. The Morgan fingerprint density at radius 1 is 1.08 bits per heavy atom. The molecule has 1 saturated carbocycles. The average Bonchev–Trinajstić information content (AvgIpc) is 2.66. The molecule has 1 amide bonds. The largest absolute Gasteiger partial charge is 0.497 e. The molecule has 2 aromatic rings. The van der Waals surface area contributed by atoms with Gasteiger partial charge in [-0.1, -0.05) is 24.3 Å². The smallest absolute Gasteiger partial charge is 0.306 e. The van der Waals surface area contributed by atoms with E-state index in [-0.39, 0.29) is 23.8 Å². The Morgan fingerprint density at radius 2 is 1.73 bits per heavy atom. The summed E-state index contributed by atoms with van der Waals surface area (Å²) in [7, 11) is 1.64. The van der Waals surface area contributed by atoms with Gasteiger partial charge in [0.2, 0.25) is 5.91 Å². The van der Waals surface area contributed by atoms with Gasteiger partial charge in [-0.2, -0.15) is 0 Å². The Labute approximate surface area is 153 Å². The van der Waals surface area contributed by atoms with E-state index in [0.29, 0.717) is 12.8 Å². The van der Waals surface area contributed by atoms with E-state index in [4.69, 9.17) is 9.84 Å². The van der Waals surface area contributed by atoms with Crippen molar-refractivity contribution in [2.24, 2.45) is 5.92 Å². The lowest BCUT2D eigenvalue weighted by molar-refractivity contribution is -0.142. The maximum atomic E-state index is 12.6. The third kappa shape index (κ3) is 3.98. The first-order valence-corrected chi connectivity index (χ1v) is 9.09. The zero-order valence-electron chi connectivity index (χ0n) is 15.2. The molecular weight excluding hydrogens is 330 g/mol. The first-order valence-electron chi connectivity index (χ1n) is 9.09. The third-order valence-corrected chi connectivity index (χ3v) is 5.39. The van der Waals surface area contributed by atoms with Gasteiger partial charge in [-0.15, -0.1) is 0 Å². The maximum Gasteiger partial charge on any atom is 0.306 e. The van der Waals surface area contributed by atoms with Gasteiger partial charge in [0.1, 0.15) is 5.75 Å². The van der Waals surface area contributed by atoms with Crippen molar-refractivity contribution in [3.05, 3.63) is 42.0 Å². The van der Waals surface area contributed by atoms with Crippen LogP contribution in [-0.2, 0) is 9.59 Å². The lowest BCUT2D eigenvalue weighted by Crippen LogP contribution is -2.40. The molecule has 0 aromatic heterocycles. The van der Waals surface area contributed by atoms with Gasteiger partial charge in [-0.25, -0.2) is 0 Å². The molecule has 0 unspecified atom stereocenters. The molecule has 1 atom stereocenters. The number of hydrogen-bond donors (Lipinski definition) is 2. The Kier molecular flexibility index (Phi) is 5.45. The topological polar surface area (TPSA) is 75.6 Å². The molecular formula is C21H25NO4. The number of hydrogen-bond acceptors (Lipinski definition) is 3. The number of nitrogens with one attached hydrogen (secondary N) is 1. The van der Waals surface area contributed by atoms with E-state index in [0.717, 1.165) is 34.9 Å². The minimum atomic E-state index is -0.726. The Bertz CT molecular complexity index is 809. The molecule has 2 aromatic carbocycles. The van der Waals surface area contributed by atoms with Crippen molar-refractivity contribution in [1.29, 1.82) is 0 Å². The zero-order valence-corrected chi connectivity index (χ0v) is 15.2. The van der Waals surface area contributed by atoms with Gasteiger partial charge in [0, 0.05) is 6.04 Å². The fourth-order valence-electron chi connectivity index (χ4n) is 3.60. The SMILES string of the molecule is COc1ccc2cc([C@H](C)C(=O)NC3CCC(C(=O)O)CC3)ccc2c1. The van der Waals surface area contributed by atoms with Crippen LogP contribution in [0.5, 0.6) is 5.75 Å². The lowest BCUT2D eigenvalue weighted by Gasteiger charge is -2.28. The molecule has 1 aliphatic rings. The third-order valence-electron chi connectivity index (χ3n) is 5.39. The molecule has 0 aliphatic heterocycles. The van der Waals surface area contributed by atoms with Gasteiger partial charge in [0.05, 0.1) is 18.9 Å². The molecule has 2 N–H and O–H groups in total. The van der Waals surface area contributed by atoms with Crippen LogP contribution in [-0.4, -0.2) is 30.1 Å². The maximum absolute atomic E-state index is 12.6. The van der Waals surface area contributed by atoms with E-state index in [1.165, 1.54) is 0 Å². The molecule has 0 saturated heterocycles. The number of amides is 1. The van der Waals surface area contributed by atoms with Gasteiger partial charge >= 0.3 is 5.97 Å². The monoisotopic (exact) mass is 355 g/mol. The molecule has 3 rings (SSSR count). The number of benzene rings is 2. The number of carbonyl (C=O) groups excluding carboxylic acids is 1. The second-order valence-corrected chi connectivity index (χ2v) is 7.09. The molecule has 0 heterocycles. The van der Waals surface area contributed by atoms with Crippen LogP contribution in [0.25, 0.3) is 10.8 Å². The predicted octanol–water partition coefficient (Wildman–Crippen LogP) is 3.71. The molecule has 1 fully saturated rings. The Hall–Kier alpha value is -2.56. The van der Waals surface area contributed by atoms with Gasteiger partial charge in [-0.3, -0.25) is 9.59 Å². The van der Waals surface area contributed by atoms with E-state index < -0.39 is 5.97 Å². The van der Waals surface area contributed by atoms with Crippen molar-refractivity contribution < 1.29 is 19.4 Å². The number of rotatable bonds is 5. The summed E-state index contributed by atoms with van der Waals surface area (Å²) in [6.07, 6.45) is 2.72. The number of carbonyl (C=O) groups is 2. The molecule has 138 valence electrons. The number of fused-ring (bicyclic) bond motifs is 1. The van der Waals surface area contributed by atoms with Gasteiger partial charge in [0.15, 0.2) is 0 Å². The van der Waals surface area contributed by atoms with E-state index in [9.17, 15) is 9.59 Å². The number of carboxylic acids is 1. The van der Waals surface area contributed by atoms with Crippen molar-refractivity contribution in [1.82, 2.24) is 5.32 Å². The molecule has 0 spiro atoms. The van der Waals surface area contributed by atoms with E-state index >= 15 is 0 Å². The van der Waals surface area contributed by atoms with Crippen molar-refractivity contribution in [3.8, 4) is 5.75 Å². The summed E-state index contributed by atoms with van der Waals surface area (Å²) in [5.74, 6) is -0.433. The van der Waals surface area contributed by atoms with Crippen LogP contribution in [0.15, 0.2) is 36.4 Å². The second-order valence-electron chi connectivity index (χ2n) is 7.09. The summed E-state index contributed by atoms with van der Waals surface area (Å²) in [6.45, 7) is 1.91. The molecule has 1 aliphatic carbocycles. The molecule has 0 bridgehead atoms. The van der Waals surface area contributed by atoms with Crippen LogP contribution in [0.3, 0.4) is 0 Å². The average molecular weight is 355 g/mol. The minimum absolute atomic E-state index is 0.00311. The highest BCUT2D eigenvalue weighted by Crippen LogP contribution is 2.27. The van der Waals surface area contributed by atoms with Crippen molar-refractivity contribution >= 4 is 22.6 Å². The van der Waals surface area contributed by atoms with E-state index in [1.807, 2.05) is 43.3 Å². The highest BCUT2D eigenvalue weighted by Gasteiger charge is 2.27. The molecule has 26 heavy (non-hydrogen) atoms. The molecule has 0 radical (unpaired) electrons. The first kappa shape index (κ1) is 18.2. The van der Waals surface area contributed by atoms with E-state index in [2.05, 4.69) is 5.32 Å². The van der Waals surface area contributed by atoms with Crippen molar-refractivity contribution in [2.75, 3.05) is 7.11 Å². The van der Waals surface area contributed by atoms with Gasteiger partial charge in [0.25, 0.3) is 0 Å². The number of methoxy groups -OCH3 is 1. The molecule has 5 nitrogen and oxygen atoms in total. The van der Waals surface area contributed by atoms with Crippen LogP contribution in [0, 0.1) is 5.92 Å². The normalized spacial score (nSPS) is 21.2. The zero-order chi connectivity index (χ0) is 18.7. The summed E-state index contributed by atoms with van der Waals surface area (Å²) in [4.78, 5) is 23.6. The predicted molar refractivity (Wildman–Crippen MR) is 100 cm³/mol. The molecule has 5 heteroatoms. The summed E-state index contributed by atoms with van der Waals surface area (Å²) in [5, 5.41) is 14.3. The fourth-order valence-corrected chi connectivity index (χ4v) is 3.60. The van der Waals surface area contributed by atoms with Crippen LogP contribution >= 0.6 is 0 Å². The second kappa shape index (κ2) is 7.77. The van der Waals surface area contributed by atoms with Crippen LogP contribution in [0.1, 0.15) is 44.1 Å². The van der Waals surface area contributed by atoms with Crippen LogP contribution in [0.4, 0.5) is 0 Å². The number of ether oxygens (including phenoxy) is 1. The van der Waals surface area contributed by atoms with Crippen molar-refractivity contribution in [2.45, 2.75) is 44.6 Å². The first-order chi connectivity index (χ1) is 12.5. The van der Waals surface area contributed by atoms with Gasteiger partial charge in [-0.05, 0) is 61.1 Å². The summed E-state index contributed by atoms with van der Waals surface area (Å²) in [5.41, 5.74) is 0.972. The lowest BCUT2D eigenvalue weighted by atomic mass is 9.85. The van der Waals surface area contributed by atoms with Crippen LogP contribution < -0.4 is 10.1 Å². The number of carboxylic acid groups (broad SMARTS) is 1.